The second kappa shape index (κ2) is 9.40. The third-order valence-corrected chi connectivity index (χ3v) is 3.97. The van der Waals surface area contributed by atoms with Gasteiger partial charge in [0, 0.05) is 29.6 Å². The Kier molecular flexibility index (Phi) is 7.22. The van der Waals surface area contributed by atoms with Crippen molar-refractivity contribution in [1.29, 1.82) is 0 Å². The highest BCUT2D eigenvalue weighted by Gasteiger charge is 2.05. The second-order valence-corrected chi connectivity index (χ2v) is 6.12. The quantitative estimate of drug-likeness (QED) is 0.737. The van der Waals surface area contributed by atoms with Gasteiger partial charge >= 0.3 is 0 Å². The molecule has 2 rings (SSSR count). The van der Waals surface area contributed by atoms with Crippen LogP contribution in [0.3, 0.4) is 0 Å². The SMILES string of the molecule is COc1ccc(Cl)cc1NCCC(=O)NCCc1ccc(Cl)cc1. The van der Waals surface area contributed by atoms with Gasteiger partial charge in [0.25, 0.3) is 0 Å². The number of rotatable bonds is 8. The smallest absolute Gasteiger partial charge is 0.221 e. The number of hydrogen-bond donors (Lipinski definition) is 2. The zero-order chi connectivity index (χ0) is 17.4. The van der Waals surface area contributed by atoms with Gasteiger partial charge in [0.1, 0.15) is 5.75 Å². The third-order valence-electron chi connectivity index (χ3n) is 3.48. The standard InChI is InChI=1S/C18H20Cl2N2O2/c1-24-17-7-6-15(20)12-16(17)21-11-9-18(23)22-10-8-13-2-4-14(19)5-3-13/h2-7,12,21H,8-11H2,1H3,(H,22,23). The monoisotopic (exact) mass is 366 g/mol. The molecule has 1 amide bonds. The molecular weight excluding hydrogens is 347 g/mol. The largest absolute Gasteiger partial charge is 0.495 e. The topological polar surface area (TPSA) is 50.4 Å². The highest BCUT2D eigenvalue weighted by atomic mass is 35.5. The van der Waals surface area contributed by atoms with E-state index >= 15 is 0 Å². The minimum Gasteiger partial charge on any atom is -0.495 e. The molecule has 0 radical (unpaired) electrons. The van der Waals surface area contributed by atoms with Crippen molar-refractivity contribution < 1.29 is 9.53 Å². The molecule has 0 fully saturated rings. The summed E-state index contributed by atoms with van der Waals surface area (Å²) in [4.78, 5) is 11.9. The van der Waals surface area contributed by atoms with Crippen molar-refractivity contribution in [2.75, 3.05) is 25.5 Å². The van der Waals surface area contributed by atoms with Gasteiger partial charge < -0.3 is 15.4 Å². The summed E-state index contributed by atoms with van der Waals surface area (Å²) in [6.07, 6.45) is 1.15. The molecule has 0 atom stereocenters. The van der Waals surface area contributed by atoms with Gasteiger partial charge in [-0.3, -0.25) is 4.79 Å². The number of anilines is 1. The summed E-state index contributed by atoms with van der Waals surface area (Å²) < 4.78 is 5.25. The molecule has 0 unspecified atom stereocenters. The van der Waals surface area contributed by atoms with Crippen LogP contribution in [0.15, 0.2) is 42.5 Å². The summed E-state index contributed by atoms with van der Waals surface area (Å²) in [5.41, 5.74) is 1.92. The predicted octanol–water partition coefficient (Wildman–Crippen LogP) is 4.16. The van der Waals surface area contributed by atoms with Crippen LogP contribution in [-0.4, -0.2) is 26.1 Å². The maximum atomic E-state index is 11.9. The van der Waals surface area contributed by atoms with Gasteiger partial charge in [0.2, 0.25) is 5.91 Å². The van der Waals surface area contributed by atoms with Crippen LogP contribution in [0, 0.1) is 0 Å². The Hall–Kier alpha value is -1.91. The van der Waals surface area contributed by atoms with Crippen molar-refractivity contribution in [2.24, 2.45) is 0 Å². The molecule has 2 N–H and O–H groups in total. The van der Waals surface area contributed by atoms with Crippen LogP contribution < -0.4 is 15.4 Å². The normalized spacial score (nSPS) is 10.3. The Labute approximate surface area is 152 Å². The lowest BCUT2D eigenvalue weighted by Gasteiger charge is -2.11. The fourth-order valence-corrected chi connectivity index (χ4v) is 2.51. The van der Waals surface area contributed by atoms with Crippen molar-refractivity contribution >= 4 is 34.8 Å². The van der Waals surface area contributed by atoms with Gasteiger partial charge in [-0.1, -0.05) is 35.3 Å². The van der Waals surface area contributed by atoms with Crippen LogP contribution in [0.2, 0.25) is 10.0 Å². The van der Waals surface area contributed by atoms with E-state index in [1.165, 1.54) is 0 Å². The number of nitrogens with one attached hydrogen (secondary N) is 2. The fourth-order valence-electron chi connectivity index (χ4n) is 2.21. The van der Waals surface area contributed by atoms with E-state index < -0.39 is 0 Å². The minimum atomic E-state index is -0.00235. The van der Waals surface area contributed by atoms with E-state index in [0.29, 0.717) is 35.3 Å². The number of ether oxygens (including phenoxy) is 1. The zero-order valence-corrected chi connectivity index (χ0v) is 15.0. The van der Waals surface area contributed by atoms with Crippen molar-refractivity contribution in [3.05, 3.63) is 58.1 Å². The van der Waals surface area contributed by atoms with Gasteiger partial charge in [0.05, 0.1) is 12.8 Å². The Balaban J connectivity index is 1.70. The van der Waals surface area contributed by atoms with E-state index in [-0.39, 0.29) is 5.91 Å². The van der Waals surface area contributed by atoms with E-state index in [1.807, 2.05) is 24.3 Å². The minimum absolute atomic E-state index is 0.00235. The summed E-state index contributed by atoms with van der Waals surface area (Å²) in [7, 11) is 1.60. The van der Waals surface area contributed by atoms with Gasteiger partial charge in [-0.15, -0.1) is 0 Å². The van der Waals surface area contributed by atoms with E-state index in [9.17, 15) is 4.79 Å². The molecule has 0 spiro atoms. The van der Waals surface area contributed by atoms with Crippen LogP contribution in [0.5, 0.6) is 5.75 Å². The first kappa shape index (κ1) is 18.4. The lowest BCUT2D eigenvalue weighted by molar-refractivity contribution is -0.120. The van der Waals surface area contributed by atoms with Gasteiger partial charge in [0.15, 0.2) is 0 Å². The Morgan fingerprint density at radius 2 is 1.75 bits per heavy atom. The first-order valence-corrected chi connectivity index (χ1v) is 8.42. The van der Waals surface area contributed by atoms with Crippen LogP contribution in [0.25, 0.3) is 0 Å². The third kappa shape index (κ3) is 5.95. The number of halogens is 2. The number of carbonyl (C=O) groups is 1. The van der Waals surface area contributed by atoms with E-state index in [0.717, 1.165) is 17.7 Å². The number of hydrogen-bond acceptors (Lipinski definition) is 3. The fraction of sp³-hybridized carbons (Fsp3) is 0.278. The molecule has 0 saturated heterocycles. The molecule has 128 valence electrons. The van der Waals surface area contributed by atoms with Crippen LogP contribution >= 0.6 is 23.2 Å². The molecular formula is C18H20Cl2N2O2. The molecule has 2 aromatic rings. The van der Waals surface area contributed by atoms with Crippen LogP contribution in [0.1, 0.15) is 12.0 Å². The summed E-state index contributed by atoms with van der Waals surface area (Å²) in [5.74, 6) is 0.694. The summed E-state index contributed by atoms with van der Waals surface area (Å²) in [6, 6.07) is 12.9. The van der Waals surface area contributed by atoms with Gasteiger partial charge in [-0.25, -0.2) is 0 Å². The Morgan fingerprint density at radius 1 is 1.04 bits per heavy atom. The average molecular weight is 367 g/mol. The summed E-state index contributed by atoms with van der Waals surface area (Å²) in [6.45, 7) is 1.10. The summed E-state index contributed by atoms with van der Waals surface area (Å²) in [5, 5.41) is 7.40. The van der Waals surface area contributed by atoms with Crippen molar-refractivity contribution in [2.45, 2.75) is 12.8 Å². The predicted molar refractivity (Wildman–Crippen MR) is 99.3 cm³/mol. The Morgan fingerprint density at radius 3 is 2.46 bits per heavy atom. The van der Waals surface area contributed by atoms with Gasteiger partial charge in [-0.2, -0.15) is 0 Å². The van der Waals surface area contributed by atoms with Crippen molar-refractivity contribution in [3.63, 3.8) is 0 Å². The zero-order valence-electron chi connectivity index (χ0n) is 13.4. The molecule has 6 heteroatoms. The molecule has 0 saturated carbocycles. The molecule has 0 bridgehead atoms. The van der Waals surface area contributed by atoms with Crippen molar-refractivity contribution in [3.8, 4) is 5.75 Å². The molecule has 0 aliphatic heterocycles. The molecule has 0 aromatic heterocycles. The van der Waals surface area contributed by atoms with Gasteiger partial charge in [-0.05, 0) is 42.3 Å². The van der Waals surface area contributed by atoms with E-state index in [1.54, 1.807) is 25.3 Å². The molecule has 24 heavy (non-hydrogen) atoms. The van der Waals surface area contributed by atoms with Crippen molar-refractivity contribution in [1.82, 2.24) is 5.32 Å². The maximum Gasteiger partial charge on any atom is 0.221 e. The number of carbonyl (C=O) groups excluding carboxylic acids is 1. The maximum absolute atomic E-state index is 11.9. The number of benzene rings is 2. The van der Waals surface area contributed by atoms with E-state index in [2.05, 4.69) is 10.6 Å². The highest BCUT2D eigenvalue weighted by Crippen LogP contribution is 2.27. The first-order valence-electron chi connectivity index (χ1n) is 7.67. The number of amides is 1. The molecule has 0 aliphatic carbocycles. The number of methoxy groups -OCH3 is 1. The lowest BCUT2D eigenvalue weighted by atomic mass is 10.1. The molecule has 4 nitrogen and oxygen atoms in total. The van der Waals surface area contributed by atoms with E-state index in [4.69, 9.17) is 27.9 Å². The first-order chi connectivity index (χ1) is 11.6. The highest BCUT2D eigenvalue weighted by molar-refractivity contribution is 6.31. The average Bonchev–Trinajstić information content (AvgIpc) is 2.57. The van der Waals surface area contributed by atoms with Crippen LogP contribution in [0.4, 0.5) is 5.69 Å². The second-order valence-electron chi connectivity index (χ2n) is 5.25. The molecule has 0 aliphatic rings. The van der Waals surface area contributed by atoms with Crippen LogP contribution in [-0.2, 0) is 11.2 Å². The molecule has 2 aromatic carbocycles. The lowest BCUT2D eigenvalue weighted by Crippen LogP contribution is -2.27. The Bertz CT molecular complexity index is 675. The molecule has 0 heterocycles. The summed E-state index contributed by atoms with van der Waals surface area (Å²) >= 11 is 11.8.